The SMILES string of the molecule is O=C1CCC(N2CC3CC(c4cc(C(F)(F)F)n[nH]4)CCC3C2=O)C(=O)N1. The van der Waals surface area contributed by atoms with Crippen molar-refractivity contribution in [2.45, 2.75) is 50.2 Å². The first kappa shape index (κ1) is 18.0. The number of H-pyrrole nitrogens is 1. The molecule has 4 unspecified atom stereocenters. The fourth-order valence-electron chi connectivity index (χ4n) is 4.58. The second kappa shape index (κ2) is 6.35. The lowest BCUT2D eigenvalue weighted by Gasteiger charge is -2.29. The third-order valence-corrected chi connectivity index (χ3v) is 5.93. The van der Waals surface area contributed by atoms with E-state index in [0.717, 1.165) is 6.07 Å². The molecule has 0 radical (unpaired) electrons. The van der Waals surface area contributed by atoms with Crippen LogP contribution < -0.4 is 5.32 Å². The maximum atomic E-state index is 12.8. The molecule has 3 aliphatic rings. The molecule has 1 aromatic heterocycles. The number of nitrogens with zero attached hydrogens (tertiary/aromatic N) is 2. The summed E-state index contributed by atoms with van der Waals surface area (Å²) in [6.07, 6.45) is -2.24. The first-order valence-corrected chi connectivity index (χ1v) is 9.00. The summed E-state index contributed by atoms with van der Waals surface area (Å²) < 4.78 is 38.3. The van der Waals surface area contributed by atoms with Crippen LogP contribution in [0.25, 0.3) is 0 Å². The Morgan fingerprint density at radius 2 is 1.93 bits per heavy atom. The van der Waals surface area contributed by atoms with E-state index in [4.69, 9.17) is 0 Å². The lowest BCUT2D eigenvalue weighted by atomic mass is 9.74. The van der Waals surface area contributed by atoms with Gasteiger partial charge in [-0.15, -0.1) is 0 Å². The molecule has 27 heavy (non-hydrogen) atoms. The number of hydrogen-bond acceptors (Lipinski definition) is 4. The summed E-state index contributed by atoms with van der Waals surface area (Å²) in [5.74, 6) is -1.22. The van der Waals surface area contributed by atoms with Gasteiger partial charge in [0.1, 0.15) is 6.04 Å². The molecule has 1 saturated carbocycles. The van der Waals surface area contributed by atoms with Gasteiger partial charge in [-0.3, -0.25) is 24.8 Å². The average Bonchev–Trinajstić information content (AvgIpc) is 3.20. The van der Waals surface area contributed by atoms with Gasteiger partial charge in [0.15, 0.2) is 5.69 Å². The van der Waals surface area contributed by atoms with Crippen molar-refractivity contribution in [3.05, 3.63) is 17.5 Å². The topological polar surface area (TPSA) is 95.2 Å². The van der Waals surface area contributed by atoms with E-state index >= 15 is 0 Å². The van der Waals surface area contributed by atoms with Crippen molar-refractivity contribution in [1.82, 2.24) is 20.4 Å². The average molecular weight is 384 g/mol. The van der Waals surface area contributed by atoms with E-state index in [1.807, 2.05) is 0 Å². The van der Waals surface area contributed by atoms with Crippen molar-refractivity contribution in [2.24, 2.45) is 11.8 Å². The Labute approximate surface area is 152 Å². The molecule has 10 heteroatoms. The largest absolute Gasteiger partial charge is 0.435 e. The second-order valence-corrected chi connectivity index (χ2v) is 7.54. The number of amides is 3. The zero-order valence-corrected chi connectivity index (χ0v) is 14.4. The molecule has 4 rings (SSSR count). The standard InChI is InChI=1S/C17H19F3N4O3/c18-17(19,20)13-6-11(22-23-13)8-1-2-10-9(5-8)7-24(16(10)27)12-3-4-14(25)21-15(12)26/h6,8-10,12H,1-5,7H2,(H,22,23)(H,21,25,26). The van der Waals surface area contributed by atoms with Gasteiger partial charge < -0.3 is 4.90 Å². The Kier molecular flexibility index (Phi) is 4.23. The van der Waals surface area contributed by atoms with E-state index in [1.165, 1.54) is 0 Å². The molecule has 146 valence electrons. The van der Waals surface area contributed by atoms with Gasteiger partial charge >= 0.3 is 6.18 Å². The number of likely N-dealkylation sites (tertiary alicyclic amines) is 1. The van der Waals surface area contributed by atoms with Gasteiger partial charge in [-0.2, -0.15) is 18.3 Å². The van der Waals surface area contributed by atoms with Gasteiger partial charge in [0.25, 0.3) is 0 Å². The Balaban J connectivity index is 1.46. The number of nitrogens with one attached hydrogen (secondary N) is 2. The van der Waals surface area contributed by atoms with Crippen molar-refractivity contribution in [1.29, 1.82) is 0 Å². The molecule has 2 saturated heterocycles. The number of hydrogen-bond donors (Lipinski definition) is 2. The highest BCUT2D eigenvalue weighted by Crippen LogP contribution is 2.45. The summed E-state index contributed by atoms with van der Waals surface area (Å²) in [5, 5.41) is 8.11. The lowest BCUT2D eigenvalue weighted by Crippen LogP contribution is -2.53. The molecule has 2 N–H and O–H groups in total. The number of halogens is 3. The minimum atomic E-state index is -4.49. The Bertz CT molecular complexity index is 791. The molecule has 0 bridgehead atoms. The molecule has 2 aliphatic heterocycles. The number of aromatic amines is 1. The van der Waals surface area contributed by atoms with Gasteiger partial charge in [-0.25, -0.2) is 0 Å². The molecular formula is C17H19F3N4O3. The molecule has 0 spiro atoms. The minimum absolute atomic E-state index is 0.0145. The predicted octanol–water partition coefficient (Wildman–Crippen LogP) is 1.58. The Morgan fingerprint density at radius 1 is 1.15 bits per heavy atom. The van der Waals surface area contributed by atoms with E-state index < -0.39 is 23.8 Å². The maximum absolute atomic E-state index is 12.8. The van der Waals surface area contributed by atoms with Crippen LogP contribution in [-0.2, 0) is 20.6 Å². The molecule has 3 fully saturated rings. The predicted molar refractivity (Wildman–Crippen MR) is 85.0 cm³/mol. The zero-order valence-electron chi connectivity index (χ0n) is 14.4. The minimum Gasteiger partial charge on any atom is -0.330 e. The normalized spacial score (nSPS) is 31.8. The van der Waals surface area contributed by atoms with Crippen LogP contribution in [0.5, 0.6) is 0 Å². The Morgan fingerprint density at radius 3 is 2.59 bits per heavy atom. The highest BCUT2D eigenvalue weighted by atomic mass is 19.4. The lowest BCUT2D eigenvalue weighted by molar-refractivity contribution is -0.144. The molecule has 4 atom stereocenters. The quantitative estimate of drug-likeness (QED) is 0.757. The number of fused-ring (bicyclic) bond motifs is 1. The zero-order chi connectivity index (χ0) is 19.3. The number of piperidine rings is 1. The molecule has 3 amide bonds. The van der Waals surface area contributed by atoms with Crippen molar-refractivity contribution in [3.8, 4) is 0 Å². The van der Waals surface area contributed by atoms with Crippen LogP contribution in [0.3, 0.4) is 0 Å². The molecule has 7 nitrogen and oxygen atoms in total. The van der Waals surface area contributed by atoms with Crippen molar-refractivity contribution < 1.29 is 27.6 Å². The van der Waals surface area contributed by atoms with Crippen LogP contribution in [0, 0.1) is 11.8 Å². The molecule has 1 aromatic rings. The highest BCUT2D eigenvalue weighted by molar-refractivity contribution is 6.02. The number of rotatable bonds is 2. The third-order valence-electron chi connectivity index (χ3n) is 5.93. The smallest absolute Gasteiger partial charge is 0.330 e. The van der Waals surface area contributed by atoms with Crippen LogP contribution in [-0.4, -0.2) is 45.4 Å². The van der Waals surface area contributed by atoms with E-state index in [9.17, 15) is 27.6 Å². The summed E-state index contributed by atoms with van der Waals surface area (Å²) in [4.78, 5) is 37.7. The van der Waals surface area contributed by atoms with Crippen LogP contribution in [0.1, 0.15) is 49.4 Å². The molecule has 1 aliphatic carbocycles. The summed E-state index contributed by atoms with van der Waals surface area (Å²) in [5.41, 5.74) is -0.500. The van der Waals surface area contributed by atoms with Crippen molar-refractivity contribution in [3.63, 3.8) is 0 Å². The third kappa shape index (κ3) is 3.21. The van der Waals surface area contributed by atoms with Crippen LogP contribution in [0.15, 0.2) is 6.07 Å². The summed E-state index contributed by atoms with van der Waals surface area (Å²) in [7, 11) is 0. The summed E-state index contributed by atoms with van der Waals surface area (Å²) in [6.45, 7) is 0.395. The highest BCUT2D eigenvalue weighted by Gasteiger charge is 2.48. The van der Waals surface area contributed by atoms with Crippen LogP contribution >= 0.6 is 0 Å². The van der Waals surface area contributed by atoms with Crippen LogP contribution in [0.2, 0.25) is 0 Å². The molecular weight excluding hydrogens is 365 g/mol. The van der Waals surface area contributed by atoms with E-state index in [0.29, 0.717) is 37.9 Å². The second-order valence-electron chi connectivity index (χ2n) is 7.54. The van der Waals surface area contributed by atoms with Gasteiger partial charge in [-0.1, -0.05) is 0 Å². The first-order valence-electron chi connectivity index (χ1n) is 9.00. The van der Waals surface area contributed by atoms with Gasteiger partial charge in [-0.05, 0) is 37.7 Å². The number of carbonyl (C=O) groups excluding carboxylic acids is 3. The van der Waals surface area contributed by atoms with Crippen molar-refractivity contribution >= 4 is 17.7 Å². The number of alkyl halides is 3. The first-order chi connectivity index (χ1) is 12.7. The van der Waals surface area contributed by atoms with Crippen LogP contribution in [0.4, 0.5) is 13.2 Å². The monoisotopic (exact) mass is 384 g/mol. The fraction of sp³-hybridized carbons (Fsp3) is 0.647. The summed E-state index contributed by atoms with van der Waals surface area (Å²) >= 11 is 0. The van der Waals surface area contributed by atoms with E-state index in [-0.39, 0.29) is 36.0 Å². The summed E-state index contributed by atoms with van der Waals surface area (Å²) in [6, 6.07) is 0.406. The van der Waals surface area contributed by atoms with Crippen molar-refractivity contribution in [2.75, 3.05) is 6.54 Å². The maximum Gasteiger partial charge on any atom is 0.435 e. The molecule has 0 aromatic carbocycles. The number of imide groups is 1. The number of aromatic nitrogens is 2. The van der Waals surface area contributed by atoms with Gasteiger partial charge in [0.2, 0.25) is 17.7 Å². The van der Waals surface area contributed by atoms with E-state index in [2.05, 4.69) is 15.5 Å². The Hall–Kier alpha value is -2.39. The van der Waals surface area contributed by atoms with E-state index in [1.54, 1.807) is 4.90 Å². The molecule has 3 heterocycles. The van der Waals surface area contributed by atoms with Gasteiger partial charge in [0.05, 0.1) is 0 Å². The number of carbonyl (C=O) groups is 3. The van der Waals surface area contributed by atoms with Gasteiger partial charge in [0, 0.05) is 30.5 Å². The fourth-order valence-corrected chi connectivity index (χ4v) is 4.58.